The second-order valence-corrected chi connectivity index (χ2v) is 4.68. The van der Waals surface area contributed by atoms with Crippen molar-refractivity contribution in [1.82, 2.24) is 0 Å². The highest BCUT2D eigenvalue weighted by atomic mass is 16.6. The van der Waals surface area contributed by atoms with Gasteiger partial charge in [0.25, 0.3) is 5.69 Å². The van der Waals surface area contributed by atoms with E-state index in [2.05, 4.69) is 4.90 Å². The Labute approximate surface area is 100 Å². The minimum absolute atomic E-state index is 0.0224. The number of benzene rings is 1. The summed E-state index contributed by atoms with van der Waals surface area (Å²) in [4.78, 5) is 12.3. The summed E-state index contributed by atoms with van der Waals surface area (Å²) in [5, 5.41) is 10.6. The summed E-state index contributed by atoms with van der Waals surface area (Å²) < 4.78 is 0. The third-order valence-electron chi connectivity index (χ3n) is 3.41. The van der Waals surface area contributed by atoms with E-state index in [-0.39, 0.29) is 11.4 Å². The number of anilines is 2. The Balaban J connectivity index is 2.10. The Kier molecular flexibility index (Phi) is 3.17. The summed E-state index contributed by atoms with van der Waals surface area (Å²) >= 11 is 0. The van der Waals surface area contributed by atoms with E-state index >= 15 is 0 Å². The normalized spacial score (nSPS) is 15.4. The van der Waals surface area contributed by atoms with E-state index in [1.807, 2.05) is 7.05 Å². The van der Waals surface area contributed by atoms with Crippen LogP contribution in [0, 0.1) is 16.0 Å². The second kappa shape index (κ2) is 4.61. The molecule has 0 bridgehead atoms. The number of hydrogen-bond acceptors (Lipinski definition) is 4. The molecule has 1 saturated carbocycles. The number of nitrogen functional groups attached to an aromatic ring is 1. The molecule has 0 aromatic heterocycles. The van der Waals surface area contributed by atoms with Crippen molar-refractivity contribution >= 4 is 17.1 Å². The summed E-state index contributed by atoms with van der Waals surface area (Å²) in [5.74, 6) is 0.761. The van der Waals surface area contributed by atoms with Crippen molar-refractivity contribution in [3.05, 3.63) is 28.3 Å². The van der Waals surface area contributed by atoms with Gasteiger partial charge in [-0.05, 0) is 30.9 Å². The Hall–Kier alpha value is -1.78. The first-order valence-electron chi connectivity index (χ1n) is 5.83. The highest BCUT2D eigenvalue weighted by Crippen LogP contribution is 2.30. The van der Waals surface area contributed by atoms with Gasteiger partial charge in [-0.2, -0.15) is 0 Å². The fourth-order valence-electron chi connectivity index (χ4n) is 2.11. The number of nitro groups is 1. The number of nitrogens with zero attached hydrogens (tertiary/aromatic N) is 2. The Morgan fingerprint density at radius 2 is 2.24 bits per heavy atom. The van der Waals surface area contributed by atoms with Gasteiger partial charge >= 0.3 is 0 Å². The molecule has 0 heterocycles. The first kappa shape index (κ1) is 11.7. The molecule has 92 valence electrons. The van der Waals surface area contributed by atoms with Crippen LogP contribution in [0.5, 0.6) is 0 Å². The van der Waals surface area contributed by atoms with Crippen molar-refractivity contribution in [1.29, 1.82) is 0 Å². The van der Waals surface area contributed by atoms with Gasteiger partial charge in [0.1, 0.15) is 5.69 Å². The Bertz CT molecular complexity index is 430. The van der Waals surface area contributed by atoms with Crippen LogP contribution in [0.4, 0.5) is 17.1 Å². The predicted molar refractivity (Wildman–Crippen MR) is 68.1 cm³/mol. The van der Waals surface area contributed by atoms with Crippen LogP contribution in [-0.2, 0) is 0 Å². The van der Waals surface area contributed by atoms with Gasteiger partial charge in [0.05, 0.1) is 4.92 Å². The van der Waals surface area contributed by atoms with Gasteiger partial charge < -0.3 is 10.6 Å². The first-order valence-corrected chi connectivity index (χ1v) is 5.83. The lowest BCUT2D eigenvalue weighted by Gasteiger charge is -2.31. The van der Waals surface area contributed by atoms with Gasteiger partial charge in [-0.1, -0.05) is 6.42 Å². The molecule has 1 aromatic rings. The van der Waals surface area contributed by atoms with Gasteiger partial charge in [-0.25, -0.2) is 0 Å². The minimum atomic E-state index is -0.453. The van der Waals surface area contributed by atoms with E-state index in [0.29, 0.717) is 0 Å². The zero-order valence-corrected chi connectivity index (χ0v) is 9.93. The molecule has 1 aliphatic carbocycles. The van der Waals surface area contributed by atoms with E-state index in [1.54, 1.807) is 12.1 Å². The van der Waals surface area contributed by atoms with Crippen molar-refractivity contribution in [2.45, 2.75) is 19.3 Å². The van der Waals surface area contributed by atoms with Crippen LogP contribution in [0.15, 0.2) is 18.2 Å². The number of nitro benzene ring substituents is 1. The molecule has 1 aliphatic rings. The molecule has 0 spiro atoms. The highest BCUT2D eigenvalue weighted by Gasteiger charge is 2.20. The molecule has 1 aromatic carbocycles. The molecule has 0 atom stereocenters. The van der Waals surface area contributed by atoms with Crippen LogP contribution in [0.1, 0.15) is 19.3 Å². The number of hydrogen-bond donors (Lipinski definition) is 1. The molecule has 0 unspecified atom stereocenters. The molecule has 2 N–H and O–H groups in total. The monoisotopic (exact) mass is 235 g/mol. The highest BCUT2D eigenvalue weighted by molar-refractivity contribution is 5.66. The van der Waals surface area contributed by atoms with Crippen LogP contribution in [0.25, 0.3) is 0 Å². The first-order chi connectivity index (χ1) is 8.08. The van der Waals surface area contributed by atoms with E-state index in [4.69, 9.17) is 5.73 Å². The van der Waals surface area contributed by atoms with E-state index in [1.165, 1.54) is 25.3 Å². The molecular weight excluding hydrogens is 218 g/mol. The average Bonchev–Trinajstić information content (AvgIpc) is 2.22. The van der Waals surface area contributed by atoms with E-state index < -0.39 is 4.92 Å². The lowest BCUT2D eigenvalue weighted by Crippen LogP contribution is -2.29. The maximum absolute atomic E-state index is 10.6. The van der Waals surface area contributed by atoms with Gasteiger partial charge in [-0.3, -0.25) is 10.1 Å². The molecule has 2 rings (SSSR count). The predicted octanol–water partition coefficient (Wildman–Crippen LogP) is 2.41. The molecule has 1 fully saturated rings. The van der Waals surface area contributed by atoms with Crippen molar-refractivity contribution in [2.75, 3.05) is 24.2 Å². The molecule has 5 nitrogen and oxygen atoms in total. The quantitative estimate of drug-likeness (QED) is 0.494. The molecule has 0 saturated heterocycles. The third-order valence-corrected chi connectivity index (χ3v) is 3.41. The summed E-state index contributed by atoms with van der Waals surface area (Å²) in [5.41, 5.74) is 6.82. The van der Waals surface area contributed by atoms with Gasteiger partial charge in [-0.15, -0.1) is 0 Å². The molecule has 0 radical (unpaired) electrons. The fraction of sp³-hybridized carbons (Fsp3) is 0.500. The van der Waals surface area contributed by atoms with Gasteiger partial charge in [0.2, 0.25) is 0 Å². The van der Waals surface area contributed by atoms with Crippen molar-refractivity contribution in [3.63, 3.8) is 0 Å². The zero-order chi connectivity index (χ0) is 12.4. The van der Waals surface area contributed by atoms with Crippen LogP contribution in [-0.4, -0.2) is 18.5 Å². The molecule has 5 heteroatoms. The van der Waals surface area contributed by atoms with Crippen LogP contribution in [0.3, 0.4) is 0 Å². The number of nitrogens with two attached hydrogens (primary N) is 1. The fourth-order valence-corrected chi connectivity index (χ4v) is 2.11. The topological polar surface area (TPSA) is 72.4 Å². The number of rotatable bonds is 4. The Morgan fingerprint density at radius 3 is 2.71 bits per heavy atom. The lowest BCUT2D eigenvalue weighted by molar-refractivity contribution is -0.383. The third kappa shape index (κ3) is 2.49. The van der Waals surface area contributed by atoms with Crippen LogP contribution < -0.4 is 10.6 Å². The molecule has 17 heavy (non-hydrogen) atoms. The maximum Gasteiger partial charge on any atom is 0.292 e. The van der Waals surface area contributed by atoms with Crippen molar-refractivity contribution < 1.29 is 4.92 Å². The van der Waals surface area contributed by atoms with Gasteiger partial charge in [0, 0.05) is 25.3 Å². The van der Waals surface area contributed by atoms with Gasteiger partial charge in [0.15, 0.2) is 0 Å². The summed E-state index contributed by atoms with van der Waals surface area (Å²) in [6.45, 7) is 0.997. The zero-order valence-electron chi connectivity index (χ0n) is 9.93. The molecule has 0 aliphatic heterocycles. The SMILES string of the molecule is CN(CC1CCC1)c1ccc([N+](=O)[O-])c(N)c1. The van der Waals surface area contributed by atoms with Crippen LogP contribution in [0.2, 0.25) is 0 Å². The summed E-state index contributed by atoms with van der Waals surface area (Å²) in [7, 11) is 2.00. The summed E-state index contributed by atoms with van der Waals surface area (Å²) in [6, 6.07) is 4.91. The van der Waals surface area contributed by atoms with Crippen molar-refractivity contribution in [3.8, 4) is 0 Å². The van der Waals surface area contributed by atoms with E-state index in [0.717, 1.165) is 18.2 Å². The van der Waals surface area contributed by atoms with Crippen molar-refractivity contribution in [2.24, 2.45) is 5.92 Å². The Morgan fingerprint density at radius 1 is 1.53 bits per heavy atom. The smallest absolute Gasteiger partial charge is 0.292 e. The summed E-state index contributed by atoms with van der Waals surface area (Å²) in [6.07, 6.45) is 3.89. The average molecular weight is 235 g/mol. The minimum Gasteiger partial charge on any atom is -0.393 e. The van der Waals surface area contributed by atoms with E-state index in [9.17, 15) is 10.1 Å². The largest absolute Gasteiger partial charge is 0.393 e. The molecule has 0 amide bonds. The molecular formula is C12H17N3O2. The standard InChI is InChI=1S/C12H17N3O2/c1-14(8-9-3-2-4-9)10-5-6-12(15(16)17)11(13)7-10/h5-7,9H,2-4,8,13H2,1H3. The second-order valence-electron chi connectivity index (χ2n) is 4.68. The maximum atomic E-state index is 10.6. The lowest BCUT2D eigenvalue weighted by atomic mass is 9.85. The van der Waals surface area contributed by atoms with Crippen LogP contribution >= 0.6 is 0 Å².